The normalized spacial score (nSPS) is 11.2. The van der Waals surface area contributed by atoms with E-state index in [1.165, 1.54) is 66.8 Å². The van der Waals surface area contributed by atoms with E-state index in [2.05, 4.69) is 486 Å². The third-order valence-electron chi connectivity index (χ3n) is 29.5. The van der Waals surface area contributed by atoms with Crippen LogP contribution in [0.4, 0.5) is 73.9 Å². The number of nitrogens with zero attached hydrogens (tertiary/aromatic N) is 8. The fourth-order valence-corrected chi connectivity index (χ4v) is 22.3. The number of hydrogen-bond donors (Lipinski definition) is 0. The zero-order valence-corrected chi connectivity index (χ0v) is 83.5. The van der Waals surface area contributed by atoms with Crippen LogP contribution in [0.3, 0.4) is 0 Å². The molecule has 0 bridgehead atoms. The predicted molar refractivity (Wildman–Crippen MR) is 621 cm³/mol. The summed E-state index contributed by atoms with van der Waals surface area (Å²) in [6.07, 6.45) is 0. The summed E-state index contributed by atoms with van der Waals surface area (Å²) in [4.78, 5) is 13.2. The third-order valence-corrected chi connectivity index (χ3v) is 29.5. The van der Waals surface area contributed by atoms with Crippen LogP contribution in [-0.4, -0.2) is 0 Å². The van der Waals surface area contributed by atoms with Crippen molar-refractivity contribution in [3.05, 3.63) is 534 Å². The number of nitriles is 3. The molecule has 0 saturated heterocycles. The number of rotatable bonds is 20. The fraction of sp³-hybridized carbons (Fsp3) is 0.0571. The molecule has 24 aromatic carbocycles. The van der Waals surface area contributed by atoms with Crippen molar-refractivity contribution in [2.24, 2.45) is 0 Å². The molecule has 0 amide bonds. The zero-order valence-electron chi connectivity index (χ0n) is 83.5. The first-order valence-electron chi connectivity index (χ1n) is 50.2. The van der Waals surface area contributed by atoms with Crippen LogP contribution in [0, 0.1) is 96.0 Å². The molecular formula is C140H100N8. The number of hydrogen-bond acceptors (Lipinski definition) is 7. The summed E-state index contributed by atoms with van der Waals surface area (Å²) < 4.78 is 0. The summed E-state index contributed by atoms with van der Waals surface area (Å²) in [6, 6.07) is 171. The van der Waals surface area contributed by atoms with E-state index in [1.807, 2.05) is 72.8 Å². The van der Waals surface area contributed by atoms with E-state index in [4.69, 9.17) is 6.57 Å². The zero-order chi connectivity index (χ0) is 101. The van der Waals surface area contributed by atoms with E-state index in [1.54, 1.807) is 0 Å². The van der Waals surface area contributed by atoms with Crippen LogP contribution < -0.4 is 19.6 Å². The summed E-state index contributed by atoms with van der Waals surface area (Å²) in [5.41, 5.74) is 41.1. The molecule has 0 unspecified atom stereocenters. The van der Waals surface area contributed by atoms with Crippen molar-refractivity contribution in [3.8, 4) is 107 Å². The Morgan fingerprint density at radius 3 is 0.676 bits per heavy atom. The molecule has 0 aliphatic rings. The van der Waals surface area contributed by atoms with Crippen molar-refractivity contribution in [1.82, 2.24) is 0 Å². The molecule has 148 heavy (non-hydrogen) atoms. The molecule has 700 valence electrons. The maximum absolute atomic E-state index is 10.8. The first-order valence-corrected chi connectivity index (χ1v) is 50.2. The van der Waals surface area contributed by atoms with Gasteiger partial charge in [-0.3, -0.25) is 0 Å². The molecule has 0 radical (unpaired) electrons. The van der Waals surface area contributed by atoms with Crippen molar-refractivity contribution >= 4 is 139 Å². The molecule has 8 nitrogen and oxygen atoms in total. The van der Waals surface area contributed by atoms with Gasteiger partial charge in [0.15, 0.2) is 5.69 Å². The van der Waals surface area contributed by atoms with Crippen LogP contribution in [0.2, 0.25) is 0 Å². The lowest BCUT2D eigenvalue weighted by molar-refractivity contribution is 1.28. The van der Waals surface area contributed by atoms with E-state index in [9.17, 15) is 15.8 Å². The van der Waals surface area contributed by atoms with E-state index < -0.39 is 0 Å². The van der Waals surface area contributed by atoms with Gasteiger partial charge in [0.2, 0.25) is 0 Å². The van der Waals surface area contributed by atoms with Crippen molar-refractivity contribution in [1.29, 1.82) is 15.8 Å². The summed E-state index contributed by atoms with van der Waals surface area (Å²) in [5, 5.41) is 45.3. The minimum absolute atomic E-state index is 0.571. The highest BCUT2D eigenvalue weighted by Gasteiger charge is 2.30. The minimum Gasteiger partial charge on any atom is -0.311 e. The Labute approximate surface area is 864 Å². The average molecular weight is 1890 g/mol. The van der Waals surface area contributed by atoms with Crippen LogP contribution >= 0.6 is 0 Å². The standard InChI is InChI=1S/2C70H50N4/c1-45-17-5-11-23-59(45)53-37-54(60-24-12-6-18-46(60)2)40-57(39-53)73(65-27-15-9-21-51(65)43-71)67-35-31-49-30-34-64-68(36-32-50-29-33-63(67)69(49)70(50)64)74(66-28-16-10-22-52(66)44-72)58-41-55(61-25-13-7-19-47(61)3)38-56(42-58)62-26-14-8-20-48(62)4;1-45-16-6-10-24-61(45)52-37-53(62-25-11-7-17-46(62)2)40-59(39-52)73(57-22-14-20-49(36-57)44-71)67-34-30-50-29-33-66-68(35-31-51-28-32-65(67)69(50)70(51)66)74(58-23-15-21-56(43-58)72-5)60-41-54(63-26-12-8-18-47(63)3)38-55(42-60)64-27-13-9-19-48(64)4/h5-42H,1-4H3;6-43H,1-4H3. The number of para-hydroxylation sites is 2. The van der Waals surface area contributed by atoms with Gasteiger partial charge in [-0.15, -0.1) is 0 Å². The van der Waals surface area contributed by atoms with Crippen molar-refractivity contribution in [3.63, 3.8) is 0 Å². The lowest BCUT2D eigenvalue weighted by atomic mass is 9.90. The minimum atomic E-state index is 0.571. The molecule has 0 N–H and O–H groups in total. The van der Waals surface area contributed by atoms with Gasteiger partial charge in [0.05, 0.1) is 63.5 Å². The molecule has 24 rings (SSSR count). The maximum Gasteiger partial charge on any atom is 0.189 e. The van der Waals surface area contributed by atoms with Crippen molar-refractivity contribution in [2.45, 2.75) is 55.4 Å². The molecule has 0 aromatic heterocycles. The highest BCUT2D eigenvalue weighted by Crippen LogP contribution is 2.55. The summed E-state index contributed by atoms with van der Waals surface area (Å²) in [5.74, 6) is 0. The van der Waals surface area contributed by atoms with Gasteiger partial charge in [-0.05, 0) is 384 Å². The van der Waals surface area contributed by atoms with Gasteiger partial charge >= 0.3 is 0 Å². The quantitative estimate of drug-likeness (QED) is 0.0555. The predicted octanol–water partition coefficient (Wildman–Crippen LogP) is 39.0. The molecular weight excluding hydrogens is 1790 g/mol. The summed E-state index contributed by atoms with van der Waals surface area (Å²) >= 11 is 0. The molecule has 0 atom stereocenters. The first-order chi connectivity index (χ1) is 72.5. The largest absolute Gasteiger partial charge is 0.311 e. The molecule has 0 spiro atoms. The number of anilines is 12. The Bertz CT molecular complexity index is 8780. The second-order valence-corrected chi connectivity index (χ2v) is 38.7. The monoisotopic (exact) mass is 1890 g/mol. The highest BCUT2D eigenvalue weighted by molar-refractivity contribution is 6.30. The second kappa shape index (κ2) is 39.1. The van der Waals surface area contributed by atoms with Crippen LogP contribution in [0.5, 0.6) is 0 Å². The van der Waals surface area contributed by atoms with E-state index in [0.717, 1.165) is 200 Å². The van der Waals surface area contributed by atoms with Gasteiger partial charge in [-0.25, -0.2) is 4.85 Å². The lowest BCUT2D eigenvalue weighted by Crippen LogP contribution is -2.13. The molecule has 0 aliphatic heterocycles. The fourth-order valence-electron chi connectivity index (χ4n) is 22.3. The summed E-state index contributed by atoms with van der Waals surface area (Å²) in [6.45, 7) is 25.5. The molecule has 0 aliphatic carbocycles. The van der Waals surface area contributed by atoms with Gasteiger partial charge in [0.1, 0.15) is 12.1 Å². The SMILES string of the molecule is Cc1ccccc1-c1cc(-c2ccccc2C)cc(N(c2ccccc2C#N)c2ccc3ccc4c(N(c5cc(-c6ccccc6C)cc(-c6ccccc6C)c5)c5ccccc5C#N)ccc5ccc2c3c54)c1.[C-]#[N+]c1cccc(N(c2cc(-c3ccccc3C)cc(-c3ccccc3C)c2)c2ccc3ccc4c(N(c5cccc(C#N)c5)c5cc(-c6ccccc6C)cc(-c6ccccc6C)c5)ccc5ccc2c3c54)c1. The Kier molecular flexibility index (Phi) is 24.4. The number of benzene rings is 24. The van der Waals surface area contributed by atoms with Gasteiger partial charge < -0.3 is 19.6 Å². The maximum atomic E-state index is 10.8. The van der Waals surface area contributed by atoms with Crippen LogP contribution in [0.25, 0.3) is 158 Å². The molecule has 0 fully saturated rings. The van der Waals surface area contributed by atoms with Gasteiger partial charge in [0.25, 0.3) is 0 Å². The molecule has 0 saturated carbocycles. The van der Waals surface area contributed by atoms with E-state index in [0.29, 0.717) is 22.4 Å². The van der Waals surface area contributed by atoms with Crippen molar-refractivity contribution < 1.29 is 0 Å². The van der Waals surface area contributed by atoms with E-state index in [-0.39, 0.29) is 0 Å². The molecule has 0 heterocycles. The number of aryl methyl sites for hydroxylation is 8. The second-order valence-electron chi connectivity index (χ2n) is 38.7. The Morgan fingerprint density at radius 1 is 0.189 bits per heavy atom. The Balaban J connectivity index is 0.000000163. The van der Waals surface area contributed by atoms with E-state index >= 15 is 0 Å². The van der Waals surface area contributed by atoms with Gasteiger partial charge in [-0.1, -0.05) is 309 Å². The Hall–Kier alpha value is -19.5. The lowest BCUT2D eigenvalue weighted by Gasteiger charge is -2.31. The highest BCUT2D eigenvalue weighted by atomic mass is 15.2. The topological polar surface area (TPSA) is 88.7 Å². The average Bonchev–Trinajstić information content (AvgIpc) is 0.717. The molecule has 24 aromatic rings. The first kappa shape index (κ1) is 92.2. The van der Waals surface area contributed by atoms with Crippen LogP contribution in [0.1, 0.15) is 61.2 Å². The summed E-state index contributed by atoms with van der Waals surface area (Å²) in [7, 11) is 0. The third kappa shape index (κ3) is 17.0. The van der Waals surface area contributed by atoms with Crippen molar-refractivity contribution in [2.75, 3.05) is 19.6 Å². The Morgan fingerprint density at radius 2 is 0.419 bits per heavy atom. The van der Waals surface area contributed by atoms with Crippen LogP contribution in [-0.2, 0) is 0 Å². The smallest absolute Gasteiger partial charge is 0.189 e. The van der Waals surface area contributed by atoms with Gasteiger partial charge in [-0.2, -0.15) is 15.8 Å². The molecule has 8 heteroatoms. The van der Waals surface area contributed by atoms with Gasteiger partial charge in [0, 0.05) is 55.7 Å². The van der Waals surface area contributed by atoms with Crippen LogP contribution in [0.15, 0.2) is 461 Å².